The highest BCUT2D eigenvalue weighted by molar-refractivity contribution is 5.30. The second kappa shape index (κ2) is 9.09. The quantitative estimate of drug-likeness (QED) is 0.651. The van der Waals surface area contributed by atoms with Gasteiger partial charge >= 0.3 is 0 Å². The van der Waals surface area contributed by atoms with Crippen LogP contribution in [-0.4, -0.2) is 29.6 Å². The van der Waals surface area contributed by atoms with E-state index in [2.05, 4.69) is 17.9 Å². The van der Waals surface area contributed by atoms with Crippen molar-refractivity contribution in [2.24, 2.45) is 0 Å². The molecule has 0 saturated carbocycles. The molecule has 0 bridgehead atoms. The first-order valence-corrected chi connectivity index (χ1v) is 8.81. The van der Waals surface area contributed by atoms with E-state index in [1.807, 2.05) is 12.1 Å². The van der Waals surface area contributed by atoms with Crippen LogP contribution in [0.4, 0.5) is 0 Å². The SMILES string of the molecule is CCCCCCCCCN1CCC(c2cccc(O)c2)C1. The third kappa shape index (κ3) is 5.70. The number of hydrogen-bond donors (Lipinski definition) is 1. The Kier molecular flexibility index (Phi) is 7.08. The highest BCUT2D eigenvalue weighted by atomic mass is 16.3. The van der Waals surface area contributed by atoms with Crippen molar-refractivity contribution in [3.8, 4) is 5.75 Å². The molecule has 1 fully saturated rings. The van der Waals surface area contributed by atoms with Gasteiger partial charge in [0.05, 0.1) is 0 Å². The zero-order valence-electron chi connectivity index (χ0n) is 13.6. The van der Waals surface area contributed by atoms with Gasteiger partial charge in [-0.2, -0.15) is 0 Å². The van der Waals surface area contributed by atoms with E-state index in [1.54, 1.807) is 6.07 Å². The van der Waals surface area contributed by atoms with Gasteiger partial charge in [-0.15, -0.1) is 0 Å². The fourth-order valence-corrected chi connectivity index (χ4v) is 3.38. The Labute approximate surface area is 130 Å². The molecule has 1 heterocycles. The van der Waals surface area contributed by atoms with Gasteiger partial charge in [-0.25, -0.2) is 0 Å². The lowest BCUT2D eigenvalue weighted by Crippen LogP contribution is -2.21. The zero-order valence-corrected chi connectivity index (χ0v) is 13.6. The molecule has 21 heavy (non-hydrogen) atoms. The monoisotopic (exact) mass is 289 g/mol. The molecule has 0 amide bonds. The lowest BCUT2D eigenvalue weighted by molar-refractivity contribution is 0.323. The summed E-state index contributed by atoms with van der Waals surface area (Å²) < 4.78 is 0. The van der Waals surface area contributed by atoms with Gasteiger partial charge in [0.15, 0.2) is 0 Å². The zero-order chi connectivity index (χ0) is 14.9. The van der Waals surface area contributed by atoms with E-state index in [-0.39, 0.29) is 0 Å². The van der Waals surface area contributed by atoms with Crippen molar-refractivity contribution >= 4 is 0 Å². The van der Waals surface area contributed by atoms with Crippen LogP contribution in [0.25, 0.3) is 0 Å². The average Bonchev–Trinajstić information content (AvgIpc) is 2.95. The molecule has 1 aromatic rings. The van der Waals surface area contributed by atoms with Crippen LogP contribution in [0, 0.1) is 0 Å². The lowest BCUT2D eigenvalue weighted by atomic mass is 9.98. The van der Waals surface area contributed by atoms with E-state index < -0.39 is 0 Å². The molecule has 0 aliphatic carbocycles. The second-order valence-corrected chi connectivity index (χ2v) is 6.50. The first-order valence-electron chi connectivity index (χ1n) is 8.81. The highest BCUT2D eigenvalue weighted by Crippen LogP contribution is 2.29. The maximum Gasteiger partial charge on any atom is 0.115 e. The molecular weight excluding hydrogens is 258 g/mol. The predicted octanol–water partition coefficient (Wildman–Crippen LogP) is 4.93. The lowest BCUT2D eigenvalue weighted by Gasteiger charge is -2.16. The number of phenolic OH excluding ortho intramolecular Hbond substituents is 1. The van der Waals surface area contributed by atoms with Gasteiger partial charge < -0.3 is 10.0 Å². The maximum atomic E-state index is 9.59. The van der Waals surface area contributed by atoms with Gasteiger partial charge in [-0.3, -0.25) is 0 Å². The van der Waals surface area contributed by atoms with Crippen LogP contribution >= 0.6 is 0 Å². The number of unbranched alkanes of at least 4 members (excludes halogenated alkanes) is 6. The normalized spacial score (nSPS) is 19.2. The summed E-state index contributed by atoms with van der Waals surface area (Å²) in [4.78, 5) is 2.60. The van der Waals surface area contributed by atoms with Crippen LogP contribution < -0.4 is 0 Å². The van der Waals surface area contributed by atoms with E-state index >= 15 is 0 Å². The Morgan fingerprint density at radius 1 is 1.10 bits per heavy atom. The predicted molar refractivity (Wildman–Crippen MR) is 89.9 cm³/mol. The molecule has 1 aromatic carbocycles. The van der Waals surface area contributed by atoms with Crippen molar-refractivity contribution in [1.82, 2.24) is 4.90 Å². The van der Waals surface area contributed by atoms with Gasteiger partial charge in [0.25, 0.3) is 0 Å². The average molecular weight is 289 g/mol. The Morgan fingerprint density at radius 2 is 1.86 bits per heavy atom. The first kappa shape index (κ1) is 16.4. The Morgan fingerprint density at radius 3 is 2.62 bits per heavy atom. The topological polar surface area (TPSA) is 23.5 Å². The summed E-state index contributed by atoms with van der Waals surface area (Å²) in [7, 11) is 0. The van der Waals surface area contributed by atoms with Gasteiger partial charge in [0, 0.05) is 6.54 Å². The summed E-state index contributed by atoms with van der Waals surface area (Å²) in [6, 6.07) is 7.81. The maximum absolute atomic E-state index is 9.59. The minimum atomic E-state index is 0.401. The molecule has 2 heteroatoms. The van der Waals surface area contributed by atoms with Crippen molar-refractivity contribution in [3.05, 3.63) is 29.8 Å². The van der Waals surface area contributed by atoms with Crippen molar-refractivity contribution in [1.29, 1.82) is 0 Å². The van der Waals surface area contributed by atoms with Crippen molar-refractivity contribution in [2.75, 3.05) is 19.6 Å². The van der Waals surface area contributed by atoms with E-state index in [0.717, 1.165) is 0 Å². The second-order valence-electron chi connectivity index (χ2n) is 6.50. The van der Waals surface area contributed by atoms with Gasteiger partial charge in [-0.1, -0.05) is 57.6 Å². The molecule has 1 saturated heterocycles. The van der Waals surface area contributed by atoms with E-state index in [1.165, 1.54) is 76.6 Å². The molecule has 1 aliphatic rings. The Bertz CT molecular complexity index is 404. The highest BCUT2D eigenvalue weighted by Gasteiger charge is 2.23. The van der Waals surface area contributed by atoms with Crippen LogP contribution in [0.1, 0.15) is 69.8 Å². The summed E-state index contributed by atoms with van der Waals surface area (Å²) >= 11 is 0. The number of nitrogens with zero attached hydrogens (tertiary/aromatic N) is 1. The van der Waals surface area contributed by atoms with Crippen molar-refractivity contribution in [3.63, 3.8) is 0 Å². The van der Waals surface area contributed by atoms with Crippen molar-refractivity contribution in [2.45, 2.75) is 64.2 Å². The fraction of sp³-hybridized carbons (Fsp3) is 0.684. The van der Waals surface area contributed by atoms with Crippen LogP contribution in [-0.2, 0) is 0 Å². The number of phenols is 1. The fourth-order valence-electron chi connectivity index (χ4n) is 3.38. The van der Waals surface area contributed by atoms with Crippen LogP contribution in [0.3, 0.4) is 0 Å². The van der Waals surface area contributed by atoms with Crippen LogP contribution in [0.2, 0.25) is 0 Å². The van der Waals surface area contributed by atoms with Gasteiger partial charge in [-0.05, 0) is 49.5 Å². The molecule has 2 rings (SSSR count). The molecule has 0 aromatic heterocycles. The summed E-state index contributed by atoms with van der Waals surface area (Å²) in [6.07, 6.45) is 10.9. The summed E-state index contributed by atoms with van der Waals surface area (Å²) in [5.41, 5.74) is 1.30. The van der Waals surface area contributed by atoms with Gasteiger partial charge in [0.1, 0.15) is 5.75 Å². The molecule has 1 unspecified atom stereocenters. The minimum absolute atomic E-state index is 0.401. The minimum Gasteiger partial charge on any atom is -0.508 e. The standard InChI is InChI=1S/C19H31NO/c1-2-3-4-5-6-7-8-13-20-14-12-18(16-20)17-10-9-11-19(21)15-17/h9-11,15,18,21H,2-8,12-14,16H2,1H3. The number of aromatic hydroxyl groups is 1. The molecule has 0 radical (unpaired) electrons. The Hall–Kier alpha value is -1.02. The number of rotatable bonds is 9. The number of benzene rings is 1. The largest absolute Gasteiger partial charge is 0.508 e. The number of hydrogen-bond acceptors (Lipinski definition) is 2. The number of likely N-dealkylation sites (tertiary alicyclic amines) is 1. The van der Waals surface area contributed by atoms with Crippen LogP contribution in [0.15, 0.2) is 24.3 Å². The van der Waals surface area contributed by atoms with Gasteiger partial charge in [0.2, 0.25) is 0 Å². The molecule has 118 valence electrons. The van der Waals surface area contributed by atoms with E-state index in [9.17, 15) is 5.11 Å². The molecular formula is C19H31NO. The summed E-state index contributed by atoms with van der Waals surface area (Å²) in [5.74, 6) is 1.01. The molecule has 1 N–H and O–H groups in total. The summed E-state index contributed by atoms with van der Waals surface area (Å²) in [5, 5.41) is 9.59. The van der Waals surface area contributed by atoms with E-state index in [0.29, 0.717) is 11.7 Å². The third-order valence-corrected chi connectivity index (χ3v) is 4.69. The Balaban J connectivity index is 1.60. The molecule has 1 aliphatic heterocycles. The molecule has 0 spiro atoms. The van der Waals surface area contributed by atoms with Crippen molar-refractivity contribution < 1.29 is 5.11 Å². The molecule has 1 atom stereocenters. The molecule has 2 nitrogen and oxygen atoms in total. The third-order valence-electron chi connectivity index (χ3n) is 4.69. The van der Waals surface area contributed by atoms with Crippen LogP contribution in [0.5, 0.6) is 5.75 Å². The van der Waals surface area contributed by atoms with E-state index in [4.69, 9.17) is 0 Å². The smallest absolute Gasteiger partial charge is 0.115 e. The first-order chi connectivity index (χ1) is 10.3. The summed E-state index contributed by atoms with van der Waals surface area (Å²) in [6.45, 7) is 5.91.